The lowest BCUT2D eigenvalue weighted by molar-refractivity contribution is 0.185. The lowest BCUT2D eigenvalue weighted by atomic mass is 10.0. The van der Waals surface area contributed by atoms with Crippen molar-refractivity contribution in [3.05, 3.63) is 29.7 Å². The number of aliphatic hydroxyl groups excluding tert-OH is 1. The third kappa shape index (κ3) is 1.99. The zero-order chi connectivity index (χ0) is 9.10. The van der Waals surface area contributed by atoms with Gasteiger partial charge in [-0.15, -0.1) is 0 Å². The number of hydrogen-bond acceptors (Lipinski definition) is 3. The molecule has 1 fully saturated rings. The van der Waals surface area contributed by atoms with Gasteiger partial charge in [-0.2, -0.15) is 0 Å². The lowest BCUT2D eigenvalue weighted by Gasteiger charge is -2.21. The Hall–Kier alpha value is -1.06. The molecule has 1 aromatic rings. The van der Waals surface area contributed by atoms with Crippen LogP contribution in [0, 0.1) is 0 Å². The number of aliphatic hydroxyl groups is 1. The van der Waals surface area contributed by atoms with Crippen LogP contribution in [-0.2, 0) is 0 Å². The monoisotopic (exact) mass is 179 g/mol. The molecule has 1 unspecified atom stereocenters. The molecule has 1 aliphatic rings. The first-order valence-electron chi connectivity index (χ1n) is 4.49. The van der Waals surface area contributed by atoms with Gasteiger partial charge >= 0.3 is 0 Å². The SMILES string of the molecule is OC1CCNCC1=Cc1ccco1. The molecule has 0 aromatic carbocycles. The van der Waals surface area contributed by atoms with Crippen molar-refractivity contribution < 1.29 is 9.52 Å². The Morgan fingerprint density at radius 2 is 2.54 bits per heavy atom. The van der Waals surface area contributed by atoms with E-state index in [9.17, 15) is 5.11 Å². The second-order valence-electron chi connectivity index (χ2n) is 3.22. The summed E-state index contributed by atoms with van der Waals surface area (Å²) in [5, 5.41) is 12.8. The lowest BCUT2D eigenvalue weighted by Crippen LogP contribution is -2.33. The molecule has 2 N–H and O–H groups in total. The molecule has 0 radical (unpaired) electrons. The van der Waals surface area contributed by atoms with E-state index in [-0.39, 0.29) is 6.10 Å². The van der Waals surface area contributed by atoms with Crippen LogP contribution in [0.3, 0.4) is 0 Å². The second kappa shape index (κ2) is 3.77. The van der Waals surface area contributed by atoms with E-state index in [0.29, 0.717) is 0 Å². The molecular weight excluding hydrogens is 166 g/mol. The summed E-state index contributed by atoms with van der Waals surface area (Å²) in [6.07, 6.45) is 4.00. The van der Waals surface area contributed by atoms with Crippen LogP contribution in [-0.4, -0.2) is 24.3 Å². The molecule has 0 amide bonds. The largest absolute Gasteiger partial charge is 0.465 e. The van der Waals surface area contributed by atoms with E-state index < -0.39 is 0 Å². The van der Waals surface area contributed by atoms with Gasteiger partial charge in [-0.3, -0.25) is 0 Å². The Kier molecular flexibility index (Phi) is 2.47. The summed E-state index contributed by atoms with van der Waals surface area (Å²) in [4.78, 5) is 0. The van der Waals surface area contributed by atoms with Gasteiger partial charge in [0.1, 0.15) is 5.76 Å². The van der Waals surface area contributed by atoms with E-state index in [4.69, 9.17) is 4.42 Å². The highest BCUT2D eigenvalue weighted by molar-refractivity contribution is 5.49. The highest BCUT2D eigenvalue weighted by Crippen LogP contribution is 2.14. The van der Waals surface area contributed by atoms with Crippen LogP contribution in [0.4, 0.5) is 0 Å². The quantitative estimate of drug-likeness (QED) is 0.676. The Labute approximate surface area is 77.1 Å². The van der Waals surface area contributed by atoms with Crippen molar-refractivity contribution in [2.24, 2.45) is 0 Å². The van der Waals surface area contributed by atoms with Gasteiger partial charge in [0.2, 0.25) is 0 Å². The normalized spacial score (nSPS) is 26.5. The van der Waals surface area contributed by atoms with Gasteiger partial charge in [0.05, 0.1) is 12.4 Å². The van der Waals surface area contributed by atoms with E-state index >= 15 is 0 Å². The van der Waals surface area contributed by atoms with Gasteiger partial charge in [-0.25, -0.2) is 0 Å². The van der Waals surface area contributed by atoms with Crippen LogP contribution in [0.5, 0.6) is 0 Å². The minimum Gasteiger partial charge on any atom is -0.465 e. The van der Waals surface area contributed by atoms with Crippen molar-refractivity contribution in [1.29, 1.82) is 0 Å². The Morgan fingerprint density at radius 1 is 1.62 bits per heavy atom. The molecule has 0 saturated carbocycles. The molecule has 1 aliphatic heterocycles. The first kappa shape index (κ1) is 8.53. The summed E-state index contributed by atoms with van der Waals surface area (Å²) in [5.74, 6) is 0.803. The van der Waals surface area contributed by atoms with E-state index in [0.717, 1.165) is 30.8 Å². The molecule has 1 aromatic heterocycles. The Morgan fingerprint density at radius 3 is 3.23 bits per heavy atom. The summed E-state index contributed by atoms with van der Waals surface area (Å²) in [5.41, 5.74) is 1.00. The average molecular weight is 179 g/mol. The average Bonchev–Trinajstić information content (AvgIpc) is 2.61. The number of rotatable bonds is 1. The maximum absolute atomic E-state index is 9.62. The van der Waals surface area contributed by atoms with Crippen molar-refractivity contribution in [2.75, 3.05) is 13.1 Å². The molecule has 1 atom stereocenters. The smallest absolute Gasteiger partial charge is 0.126 e. The fourth-order valence-corrected chi connectivity index (χ4v) is 1.48. The third-order valence-electron chi connectivity index (χ3n) is 2.22. The van der Waals surface area contributed by atoms with E-state index in [2.05, 4.69) is 5.32 Å². The van der Waals surface area contributed by atoms with Crippen LogP contribution in [0.25, 0.3) is 6.08 Å². The molecule has 2 heterocycles. The van der Waals surface area contributed by atoms with Crippen molar-refractivity contribution in [1.82, 2.24) is 5.32 Å². The van der Waals surface area contributed by atoms with Crippen molar-refractivity contribution >= 4 is 6.08 Å². The molecule has 70 valence electrons. The predicted molar refractivity (Wildman–Crippen MR) is 50.2 cm³/mol. The van der Waals surface area contributed by atoms with Gasteiger partial charge in [0.15, 0.2) is 0 Å². The summed E-state index contributed by atoms with van der Waals surface area (Å²) in [6, 6.07) is 3.73. The third-order valence-corrected chi connectivity index (χ3v) is 2.22. The van der Waals surface area contributed by atoms with Crippen LogP contribution in [0.15, 0.2) is 28.4 Å². The fraction of sp³-hybridized carbons (Fsp3) is 0.400. The summed E-state index contributed by atoms with van der Waals surface area (Å²) >= 11 is 0. The molecule has 2 rings (SSSR count). The topological polar surface area (TPSA) is 45.4 Å². The van der Waals surface area contributed by atoms with Crippen LogP contribution < -0.4 is 5.32 Å². The zero-order valence-electron chi connectivity index (χ0n) is 7.36. The number of hydrogen-bond donors (Lipinski definition) is 2. The minimum atomic E-state index is -0.314. The molecule has 13 heavy (non-hydrogen) atoms. The van der Waals surface area contributed by atoms with E-state index in [1.165, 1.54) is 0 Å². The maximum atomic E-state index is 9.62. The van der Waals surface area contributed by atoms with E-state index in [1.54, 1.807) is 6.26 Å². The summed E-state index contributed by atoms with van der Waals surface area (Å²) in [7, 11) is 0. The van der Waals surface area contributed by atoms with Crippen LogP contribution in [0.1, 0.15) is 12.2 Å². The molecule has 0 aliphatic carbocycles. The van der Waals surface area contributed by atoms with Crippen molar-refractivity contribution in [3.8, 4) is 0 Å². The summed E-state index contributed by atoms with van der Waals surface area (Å²) in [6.45, 7) is 1.64. The predicted octanol–water partition coefficient (Wildman–Crippen LogP) is 1.02. The molecule has 3 nitrogen and oxygen atoms in total. The summed E-state index contributed by atoms with van der Waals surface area (Å²) < 4.78 is 5.17. The van der Waals surface area contributed by atoms with Gasteiger partial charge < -0.3 is 14.8 Å². The Bertz CT molecular complexity index is 290. The molecule has 0 spiro atoms. The highest BCUT2D eigenvalue weighted by atomic mass is 16.3. The number of furan rings is 1. The van der Waals surface area contributed by atoms with Crippen LogP contribution >= 0.6 is 0 Å². The van der Waals surface area contributed by atoms with Gasteiger partial charge in [0.25, 0.3) is 0 Å². The van der Waals surface area contributed by atoms with E-state index in [1.807, 2.05) is 18.2 Å². The van der Waals surface area contributed by atoms with Crippen LogP contribution in [0.2, 0.25) is 0 Å². The van der Waals surface area contributed by atoms with Crippen molar-refractivity contribution in [2.45, 2.75) is 12.5 Å². The molecular formula is C10H13NO2. The molecule has 0 bridgehead atoms. The standard InChI is InChI=1S/C10H13NO2/c12-10-3-4-11-7-8(10)6-9-2-1-5-13-9/h1-2,5-6,10-12H,3-4,7H2. The van der Waals surface area contributed by atoms with Gasteiger partial charge in [-0.1, -0.05) is 0 Å². The molecule has 1 saturated heterocycles. The zero-order valence-corrected chi connectivity index (χ0v) is 7.36. The second-order valence-corrected chi connectivity index (χ2v) is 3.22. The van der Waals surface area contributed by atoms with Crippen molar-refractivity contribution in [3.63, 3.8) is 0 Å². The maximum Gasteiger partial charge on any atom is 0.126 e. The highest BCUT2D eigenvalue weighted by Gasteiger charge is 2.15. The fourth-order valence-electron chi connectivity index (χ4n) is 1.48. The first-order chi connectivity index (χ1) is 6.36. The van der Waals surface area contributed by atoms with Gasteiger partial charge in [0, 0.05) is 6.54 Å². The Balaban J connectivity index is 2.14. The number of nitrogens with one attached hydrogen (secondary N) is 1. The van der Waals surface area contributed by atoms with Gasteiger partial charge in [-0.05, 0) is 36.7 Å². The first-order valence-corrected chi connectivity index (χ1v) is 4.49. The molecule has 3 heteroatoms. The minimum absolute atomic E-state index is 0.314. The number of piperidine rings is 1.